The van der Waals surface area contributed by atoms with Gasteiger partial charge in [-0.25, -0.2) is 9.13 Å². The first-order valence-electron chi connectivity index (χ1n) is 41.0. The van der Waals surface area contributed by atoms with Gasteiger partial charge in [-0.3, -0.25) is 37.3 Å². The maximum atomic E-state index is 13.1. The van der Waals surface area contributed by atoms with E-state index in [0.717, 1.165) is 154 Å². The van der Waals surface area contributed by atoms with Crippen molar-refractivity contribution in [2.45, 2.75) is 316 Å². The zero-order chi connectivity index (χ0) is 78.9. The number of rotatable bonds is 75. The van der Waals surface area contributed by atoms with Crippen molar-refractivity contribution in [3.05, 3.63) is 182 Å². The fraction of sp³-hybridized carbons (Fsp3) is 0.618. The zero-order valence-electron chi connectivity index (χ0n) is 66.9. The van der Waals surface area contributed by atoms with Gasteiger partial charge in [0.15, 0.2) is 12.2 Å². The van der Waals surface area contributed by atoms with Crippen molar-refractivity contribution < 1.29 is 80.2 Å². The van der Waals surface area contributed by atoms with E-state index in [9.17, 15) is 43.2 Å². The molecule has 0 aliphatic carbocycles. The van der Waals surface area contributed by atoms with Gasteiger partial charge in [-0.2, -0.15) is 0 Å². The molecule has 0 aromatic rings. The third-order valence-electron chi connectivity index (χ3n) is 16.4. The Bertz CT molecular complexity index is 2760. The predicted molar refractivity (Wildman–Crippen MR) is 445 cm³/mol. The maximum Gasteiger partial charge on any atom is 0.472 e. The third-order valence-corrected chi connectivity index (χ3v) is 18.3. The van der Waals surface area contributed by atoms with E-state index >= 15 is 0 Å². The molecule has 0 saturated carbocycles. The van der Waals surface area contributed by atoms with Gasteiger partial charge in [0.2, 0.25) is 0 Å². The van der Waals surface area contributed by atoms with Crippen molar-refractivity contribution in [3.8, 4) is 0 Å². The summed E-state index contributed by atoms with van der Waals surface area (Å²) in [5, 5.41) is 10.7. The van der Waals surface area contributed by atoms with Gasteiger partial charge >= 0.3 is 39.5 Å². The van der Waals surface area contributed by atoms with Crippen LogP contribution >= 0.6 is 15.6 Å². The van der Waals surface area contributed by atoms with Crippen molar-refractivity contribution in [2.75, 3.05) is 39.6 Å². The number of allylic oxidation sites excluding steroid dienone is 30. The minimum Gasteiger partial charge on any atom is -0.462 e. The molecule has 0 saturated heterocycles. The molecule has 3 N–H and O–H groups in total. The topological polar surface area (TPSA) is 237 Å². The second-order valence-electron chi connectivity index (χ2n) is 26.6. The van der Waals surface area contributed by atoms with Crippen molar-refractivity contribution in [1.82, 2.24) is 0 Å². The lowest BCUT2D eigenvalue weighted by Gasteiger charge is -2.21. The van der Waals surface area contributed by atoms with E-state index in [-0.39, 0.29) is 25.7 Å². The molecule has 0 amide bonds. The third kappa shape index (κ3) is 78.3. The van der Waals surface area contributed by atoms with Gasteiger partial charge in [-0.1, -0.05) is 313 Å². The van der Waals surface area contributed by atoms with E-state index in [1.54, 1.807) is 0 Å². The molecule has 0 rings (SSSR count). The average Bonchev–Trinajstić information content (AvgIpc) is 0.886. The summed E-state index contributed by atoms with van der Waals surface area (Å²) in [6, 6.07) is 0. The number of hydrogen-bond donors (Lipinski definition) is 3. The number of phosphoric ester groups is 2. The van der Waals surface area contributed by atoms with Crippen LogP contribution in [-0.4, -0.2) is 96.7 Å². The van der Waals surface area contributed by atoms with Gasteiger partial charge in [0.25, 0.3) is 0 Å². The Morgan fingerprint density at radius 1 is 0.269 bits per heavy atom. The molecular weight excluding hydrogens is 1400 g/mol. The maximum absolute atomic E-state index is 13.1. The Balaban J connectivity index is 5.49. The monoisotopic (exact) mass is 1550 g/mol. The SMILES string of the molecule is CC/C=C\C/C=C\C/C=C\C/C=C\C/C=C\C/C=C\CCC(=O)OCC(COP(=O)(O)OCC(O)COP(=O)(O)OCC(COC(=O)CCCCCCCC/C=C\C/C=C\C/C=C\C/C=C\CC)OC(=O)CCCCCCCCCCCCCCC)OC(=O)CCC/C=C\C/C=C\C/C=C\C/C=C\C/C=C\CC. The lowest BCUT2D eigenvalue weighted by atomic mass is 10.0. The molecule has 0 radical (unpaired) electrons. The lowest BCUT2D eigenvalue weighted by Crippen LogP contribution is -2.30. The molecule has 0 aromatic carbocycles. The van der Waals surface area contributed by atoms with Crippen LogP contribution in [0.5, 0.6) is 0 Å². The molecule has 0 aliphatic rings. The average molecular weight is 1550 g/mol. The molecule has 5 unspecified atom stereocenters. The fourth-order valence-corrected chi connectivity index (χ4v) is 11.9. The number of phosphoric acid groups is 2. The highest BCUT2D eigenvalue weighted by Crippen LogP contribution is 2.45. The highest BCUT2D eigenvalue weighted by Gasteiger charge is 2.30. The van der Waals surface area contributed by atoms with Crippen LogP contribution in [0.1, 0.15) is 297 Å². The van der Waals surface area contributed by atoms with E-state index in [1.807, 2.05) is 30.4 Å². The molecule has 612 valence electrons. The highest BCUT2D eigenvalue weighted by atomic mass is 31.2. The van der Waals surface area contributed by atoms with E-state index in [1.165, 1.54) is 51.4 Å². The molecule has 0 aliphatic heterocycles. The van der Waals surface area contributed by atoms with Crippen LogP contribution in [0.2, 0.25) is 0 Å². The first-order valence-corrected chi connectivity index (χ1v) is 44.0. The summed E-state index contributed by atoms with van der Waals surface area (Å²) in [7, 11) is -10.0. The van der Waals surface area contributed by atoms with Gasteiger partial charge < -0.3 is 33.8 Å². The normalized spacial score (nSPS) is 14.8. The quantitative estimate of drug-likeness (QED) is 0.0169. The van der Waals surface area contributed by atoms with Crippen molar-refractivity contribution in [3.63, 3.8) is 0 Å². The number of aliphatic hydroxyl groups excluding tert-OH is 1. The highest BCUT2D eigenvalue weighted by molar-refractivity contribution is 7.47. The Kier molecular flexibility index (Phi) is 75.0. The molecule has 0 fully saturated rings. The minimum atomic E-state index is -5.02. The molecule has 108 heavy (non-hydrogen) atoms. The molecule has 0 aromatic heterocycles. The number of carbonyl (C=O) groups is 4. The van der Waals surface area contributed by atoms with Crippen molar-refractivity contribution >= 4 is 39.5 Å². The largest absolute Gasteiger partial charge is 0.472 e. The molecular formula is C89H144O17P2. The van der Waals surface area contributed by atoms with Gasteiger partial charge in [0.05, 0.1) is 26.4 Å². The van der Waals surface area contributed by atoms with E-state index in [0.29, 0.717) is 38.5 Å². The number of esters is 4. The molecule has 5 atom stereocenters. The van der Waals surface area contributed by atoms with Crippen LogP contribution in [-0.2, 0) is 65.4 Å². The fourth-order valence-electron chi connectivity index (χ4n) is 10.3. The predicted octanol–water partition coefficient (Wildman–Crippen LogP) is 24.3. The van der Waals surface area contributed by atoms with Crippen LogP contribution in [0, 0.1) is 0 Å². The molecule has 0 bridgehead atoms. The van der Waals surface area contributed by atoms with Crippen LogP contribution in [0.4, 0.5) is 0 Å². The summed E-state index contributed by atoms with van der Waals surface area (Å²) in [6.07, 6.45) is 96.0. The van der Waals surface area contributed by atoms with E-state index in [2.05, 4.69) is 180 Å². The van der Waals surface area contributed by atoms with Crippen LogP contribution in [0.25, 0.3) is 0 Å². The van der Waals surface area contributed by atoms with Gasteiger partial charge in [-0.05, 0) is 141 Å². The summed E-state index contributed by atoms with van der Waals surface area (Å²) < 4.78 is 68.5. The summed E-state index contributed by atoms with van der Waals surface area (Å²) in [5.41, 5.74) is 0. The van der Waals surface area contributed by atoms with Crippen molar-refractivity contribution in [1.29, 1.82) is 0 Å². The number of ether oxygens (including phenoxy) is 4. The summed E-state index contributed by atoms with van der Waals surface area (Å²) in [5.74, 6) is -2.36. The summed E-state index contributed by atoms with van der Waals surface area (Å²) in [6.45, 7) is 4.36. The van der Waals surface area contributed by atoms with E-state index in [4.69, 9.17) is 37.0 Å². The number of aliphatic hydroxyl groups is 1. The number of hydrogen-bond acceptors (Lipinski definition) is 15. The molecule has 0 spiro atoms. The molecule has 19 heteroatoms. The Labute approximate surface area is 654 Å². The van der Waals surface area contributed by atoms with Gasteiger partial charge in [0.1, 0.15) is 19.3 Å². The standard InChI is InChI=1S/C89H144O17P2/c1-5-9-13-17-21-25-29-33-36-39-41-44-46-50-53-57-61-65-69-73-86(91)99-79-84(105-88(93)75-71-67-63-59-55-49-32-28-24-20-16-12-8-4)81-103-107(95,96)101-77-83(90)78-102-108(97,98)104-82-85(106-89(94)76-72-68-64-60-56-52-48-43-38-35-31-27-23-19-15-11-7-3)80-100-87(92)74-70-66-62-58-54-51-47-45-42-40-37-34-30-26-22-18-14-10-6-2/h9-11,13-15,21-23,25-27,33-38,41-42,44-45,48,51-52,54,60,62,64,66,83-85,90H,5-8,12,16-20,24,28-32,39-40,43,46-47,49-50,53,55-59,61,63,65,67-82H2,1-4H3,(H,95,96)(H,97,98)/b13-9-,14-10-,15-11-,25-21-,26-22-,27-23-,36-33-,37-34-,38-35-,44-41-,45-42-,52-48-,54-51-,64-60-,66-62-. The second-order valence-corrected chi connectivity index (χ2v) is 29.5. The number of unbranched alkanes of at least 4 members (excludes halogenated alkanes) is 19. The number of carbonyl (C=O) groups excluding carboxylic acids is 4. The molecule has 0 heterocycles. The van der Waals surface area contributed by atoms with Crippen LogP contribution in [0.15, 0.2) is 182 Å². The Morgan fingerprint density at radius 3 is 0.833 bits per heavy atom. The second kappa shape index (κ2) is 79.3. The lowest BCUT2D eigenvalue weighted by molar-refractivity contribution is -0.161. The Morgan fingerprint density at radius 2 is 0.509 bits per heavy atom. The first-order chi connectivity index (χ1) is 52.7. The van der Waals surface area contributed by atoms with Crippen LogP contribution < -0.4 is 0 Å². The van der Waals surface area contributed by atoms with E-state index < -0.39 is 97.5 Å². The molecule has 17 nitrogen and oxygen atoms in total. The Hall–Kier alpha value is -5.84. The summed E-state index contributed by atoms with van der Waals surface area (Å²) in [4.78, 5) is 73.1. The smallest absolute Gasteiger partial charge is 0.462 e. The summed E-state index contributed by atoms with van der Waals surface area (Å²) >= 11 is 0. The minimum absolute atomic E-state index is 0.00595. The zero-order valence-corrected chi connectivity index (χ0v) is 68.7. The first kappa shape index (κ1) is 102. The van der Waals surface area contributed by atoms with Crippen molar-refractivity contribution in [2.24, 2.45) is 0 Å². The van der Waals surface area contributed by atoms with Gasteiger partial charge in [0, 0.05) is 25.7 Å². The van der Waals surface area contributed by atoms with Crippen LogP contribution in [0.3, 0.4) is 0 Å². The van der Waals surface area contributed by atoms with Gasteiger partial charge in [-0.15, -0.1) is 0 Å².